The minimum absolute atomic E-state index is 0.711. The van der Waals surface area contributed by atoms with Crippen LogP contribution in [0.25, 0.3) is 110 Å². The van der Waals surface area contributed by atoms with Crippen LogP contribution in [0.5, 0.6) is 0 Å². The topological polar surface area (TPSA) is 35.6 Å². The van der Waals surface area contributed by atoms with E-state index in [2.05, 4.69) is 197 Å². The molecule has 0 saturated carbocycles. The number of hydrogen-bond donors (Lipinski definition) is 0. The van der Waals surface area contributed by atoms with Crippen LogP contribution in [0.2, 0.25) is 0 Å². The van der Waals surface area contributed by atoms with Gasteiger partial charge in [0.05, 0.1) is 39.0 Å². The lowest BCUT2D eigenvalue weighted by Crippen LogP contribution is -2.01. The first kappa shape index (κ1) is 32.4. The zero-order valence-electron chi connectivity index (χ0n) is 31.4. The molecule has 3 aromatic heterocycles. The summed E-state index contributed by atoms with van der Waals surface area (Å²) in [5.74, 6) is 0.711. The molecular weight excluding hydrogens is 705 g/mol. The first-order valence-corrected chi connectivity index (χ1v) is 19.8. The Morgan fingerprint density at radius 1 is 0.328 bits per heavy atom. The summed E-state index contributed by atoms with van der Waals surface area (Å²) < 4.78 is 4.80. The zero-order chi connectivity index (χ0) is 38.2. The van der Waals surface area contributed by atoms with Crippen molar-refractivity contribution in [2.45, 2.75) is 0 Å². The fourth-order valence-electron chi connectivity index (χ4n) is 9.07. The molecule has 12 aromatic rings. The molecule has 9 aromatic carbocycles. The molecule has 0 amide bonds. The third-order valence-electron chi connectivity index (χ3n) is 11.7. The summed E-state index contributed by atoms with van der Waals surface area (Å²) in [4.78, 5) is 10.6. The highest BCUT2D eigenvalue weighted by molar-refractivity contribution is 6.14. The van der Waals surface area contributed by atoms with Gasteiger partial charge in [0.2, 0.25) is 0 Å². The maximum atomic E-state index is 5.40. The number of benzene rings is 9. The van der Waals surface area contributed by atoms with Crippen molar-refractivity contribution in [3.8, 4) is 45.1 Å². The van der Waals surface area contributed by atoms with E-state index in [0.717, 1.165) is 66.5 Å². The van der Waals surface area contributed by atoms with Crippen LogP contribution in [0.1, 0.15) is 0 Å². The van der Waals surface area contributed by atoms with E-state index in [9.17, 15) is 0 Å². The van der Waals surface area contributed by atoms with Crippen LogP contribution in [0.4, 0.5) is 0 Å². The summed E-state index contributed by atoms with van der Waals surface area (Å²) >= 11 is 0. The second-order valence-corrected chi connectivity index (χ2v) is 15.0. The summed E-state index contributed by atoms with van der Waals surface area (Å²) in [6.07, 6.45) is 0. The van der Waals surface area contributed by atoms with Crippen molar-refractivity contribution in [3.63, 3.8) is 0 Å². The maximum absolute atomic E-state index is 5.40. The molecule has 12 rings (SSSR count). The lowest BCUT2D eigenvalue weighted by molar-refractivity contribution is 1.17. The second-order valence-electron chi connectivity index (χ2n) is 15.0. The van der Waals surface area contributed by atoms with Gasteiger partial charge in [-0.2, -0.15) is 0 Å². The summed E-state index contributed by atoms with van der Waals surface area (Å²) in [6.45, 7) is 0. The van der Waals surface area contributed by atoms with Gasteiger partial charge < -0.3 is 9.13 Å². The van der Waals surface area contributed by atoms with E-state index in [1.54, 1.807) is 0 Å². The quantitative estimate of drug-likeness (QED) is 0.165. The van der Waals surface area contributed by atoms with Crippen molar-refractivity contribution in [2.75, 3.05) is 0 Å². The Labute approximate surface area is 334 Å². The molecule has 0 aliphatic rings. The van der Waals surface area contributed by atoms with Crippen molar-refractivity contribution in [1.29, 1.82) is 0 Å². The highest BCUT2D eigenvalue weighted by Crippen LogP contribution is 2.41. The molecule has 3 heterocycles. The summed E-state index contributed by atoms with van der Waals surface area (Å²) in [7, 11) is 0. The van der Waals surface area contributed by atoms with Crippen molar-refractivity contribution in [1.82, 2.24) is 19.1 Å². The fraction of sp³-hybridized carbons (Fsp3) is 0. The van der Waals surface area contributed by atoms with Crippen molar-refractivity contribution in [2.24, 2.45) is 0 Å². The first-order chi connectivity index (χ1) is 28.8. The van der Waals surface area contributed by atoms with Crippen LogP contribution >= 0.6 is 0 Å². The maximum Gasteiger partial charge on any atom is 0.160 e. The molecule has 0 aliphatic carbocycles. The Hall–Kier alpha value is -7.82. The van der Waals surface area contributed by atoms with E-state index >= 15 is 0 Å². The van der Waals surface area contributed by atoms with Gasteiger partial charge in [0.15, 0.2) is 5.82 Å². The molecule has 270 valence electrons. The van der Waals surface area contributed by atoms with Crippen molar-refractivity contribution < 1.29 is 0 Å². The van der Waals surface area contributed by atoms with Gasteiger partial charge in [0.25, 0.3) is 0 Å². The Morgan fingerprint density at radius 2 is 0.914 bits per heavy atom. The largest absolute Gasteiger partial charge is 0.309 e. The normalized spacial score (nSPS) is 11.8. The summed E-state index contributed by atoms with van der Waals surface area (Å²) in [5.41, 5.74) is 13.2. The standard InChI is InChI=1S/C54H34N4/c1-3-16-36(17-4-1)54-55-52-40-20-8-7-15-35(40)27-31-45(52)53(56-54)44-23-11-14-26-49(44)58-48-25-13-9-21-41(48)43-30-28-38(34-51(43)58)37-29-32-50-46(33-37)42-22-10-12-24-47(42)57(50)39-18-5-2-6-19-39/h1-34H. The molecule has 0 spiro atoms. The van der Waals surface area contributed by atoms with E-state index in [0.29, 0.717) is 5.82 Å². The van der Waals surface area contributed by atoms with Crippen LogP contribution in [0, 0.1) is 0 Å². The number of aromatic nitrogens is 4. The van der Waals surface area contributed by atoms with E-state index in [4.69, 9.17) is 9.97 Å². The van der Waals surface area contributed by atoms with Crippen molar-refractivity contribution in [3.05, 3.63) is 206 Å². The number of rotatable bonds is 5. The Morgan fingerprint density at radius 3 is 1.74 bits per heavy atom. The molecule has 0 radical (unpaired) electrons. The van der Waals surface area contributed by atoms with Crippen LogP contribution in [-0.2, 0) is 0 Å². The molecule has 0 N–H and O–H groups in total. The second kappa shape index (κ2) is 12.9. The third kappa shape index (κ3) is 4.95. The molecule has 0 atom stereocenters. The lowest BCUT2D eigenvalue weighted by Gasteiger charge is -2.17. The summed E-state index contributed by atoms with van der Waals surface area (Å²) in [5, 5.41) is 8.19. The van der Waals surface area contributed by atoms with Crippen LogP contribution in [0.15, 0.2) is 206 Å². The minimum Gasteiger partial charge on any atom is -0.309 e. The van der Waals surface area contributed by atoms with Gasteiger partial charge in [-0.15, -0.1) is 0 Å². The Bertz CT molecular complexity index is 3560. The molecule has 0 aliphatic heterocycles. The van der Waals surface area contributed by atoms with Gasteiger partial charge in [-0.25, -0.2) is 9.97 Å². The van der Waals surface area contributed by atoms with Crippen LogP contribution in [-0.4, -0.2) is 19.1 Å². The van der Waals surface area contributed by atoms with Gasteiger partial charge in [-0.1, -0.05) is 152 Å². The molecule has 4 nitrogen and oxygen atoms in total. The number of nitrogens with zero attached hydrogens (tertiary/aromatic N) is 4. The van der Waals surface area contributed by atoms with Gasteiger partial charge >= 0.3 is 0 Å². The van der Waals surface area contributed by atoms with Crippen LogP contribution in [0.3, 0.4) is 0 Å². The number of para-hydroxylation sites is 4. The van der Waals surface area contributed by atoms with E-state index in [1.807, 2.05) is 18.2 Å². The first-order valence-electron chi connectivity index (χ1n) is 19.8. The molecular formula is C54H34N4. The number of hydrogen-bond acceptors (Lipinski definition) is 2. The minimum atomic E-state index is 0.711. The Kier molecular flexibility index (Phi) is 7.20. The molecule has 58 heavy (non-hydrogen) atoms. The lowest BCUT2D eigenvalue weighted by atomic mass is 9.99. The molecule has 0 saturated heterocycles. The average molecular weight is 739 g/mol. The summed E-state index contributed by atoms with van der Waals surface area (Å²) in [6, 6.07) is 73.8. The zero-order valence-corrected chi connectivity index (χ0v) is 31.4. The van der Waals surface area contributed by atoms with Gasteiger partial charge in [-0.3, -0.25) is 0 Å². The van der Waals surface area contributed by atoms with E-state index in [1.165, 1.54) is 38.1 Å². The van der Waals surface area contributed by atoms with E-state index < -0.39 is 0 Å². The SMILES string of the molecule is c1ccc(-c2nc(-c3ccccc3-n3c4ccccc4c4ccc(-c5ccc6c(c5)c5ccccc5n6-c5ccccc5)cc43)c3ccc4ccccc4c3n2)cc1. The predicted octanol–water partition coefficient (Wildman–Crippen LogP) is 14.0. The molecule has 0 bridgehead atoms. The van der Waals surface area contributed by atoms with Gasteiger partial charge in [0, 0.05) is 49.1 Å². The Balaban J connectivity index is 1.10. The predicted molar refractivity (Wildman–Crippen MR) is 242 cm³/mol. The van der Waals surface area contributed by atoms with Gasteiger partial charge in [-0.05, 0) is 71.1 Å². The van der Waals surface area contributed by atoms with Gasteiger partial charge in [0.1, 0.15) is 0 Å². The highest BCUT2D eigenvalue weighted by Gasteiger charge is 2.21. The van der Waals surface area contributed by atoms with E-state index in [-0.39, 0.29) is 0 Å². The number of fused-ring (bicyclic) bond motifs is 9. The van der Waals surface area contributed by atoms with Crippen molar-refractivity contribution >= 4 is 65.3 Å². The van der Waals surface area contributed by atoms with Crippen LogP contribution < -0.4 is 0 Å². The highest BCUT2D eigenvalue weighted by atomic mass is 15.0. The smallest absolute Gasteiger partial charge is 0.160 e. The molecule has 0 fully saturated rings. The fourth-order valence-corrected chi connectivity index (χ4v) is 9.07. The third-order valence-corrected chi connectivity index (χ3v) is 11.7. The monoisotopic (exact) mass is 738 g/mol. The average Bonchev–Trinajstić information content (AvgIpc) is 3.81. The molecule has 4 heteroatoms. The molecule has 0 unspecified atom stereocenters.